The molecule has 0 fully saturated rings. The van der Waals surface area contributed by atoms with Crippen molar-refractivity contribution < 1.29 is 16.7 Å². The van der Waals surface area contributed by atoms with Gasteiger partial charge in [0.2, 0.25) is 0 Å². The molecule has 0 rings (SSSR count). The molecule has 0 heterocycles. The molecule has 0 aromatic rings. The van der Waals surface area contributed by atoms with Gasteiger partial charge in [0.05, 0.1) is 9.80 Å². The fraction of sp³-hybridized carbons (Fsp3) is 1.00. The number of hydrogen-bond donors (Lipinski definition) is 1. The van der Waals surface area contributed by atoms with Gasteiger partial charge in [0.1, 0.15) is 0 Å². The number of rotatable bonds is 1. The zero-order chi connectivity index (χ0) is 5.86. The van der Waals surface area contributed by atoms with E-state index in [1.807, 2.05) is 0 Å². The van der Waals surface area contributed by atoms with Crippen LogP contribution in [-0.2, 0) is 9.09 Å². The molecule has 3 nitrogen and oxygen atoms in total. The summed E-state index contributed by atoms with van der Waals surface area (Å²) >= 11 is 0. The van der Waals surface area contributed by atoms with Crippen LogP contribution in [0, 0.1) is 0 Å². The average molecular weight is 97.0 g/mol. The van der Waals surface area contributed by atoms with E-state index in [9.17, 15) is 4.57 Å². The fourth-order valence-electron chi connectivity index (χ4n) is 0. The van der Waals surface area contributed by atoms with Gasteiger partial charge in [0.15, 0.2) is 0 Å². The van der Waals surface area contributed by atoms with E-state index in [0.29, 0.717) is 0 Å². The number of hydrogen-bond acceptors (Lipinski definition) is 2. The Morgan fingerprint density at radius 1 is 2.40 bits per heavy atom. The lowest BCUT2D eigenvalue weighted by atomic mass is 11.8. The van der Waals surface area contributed by atoms with E-state index in [4.69, 9.17) is 7.63 Å². The Bertz CT molecular complexity index is 73.3. The summed E-state index contributed by atoms with van der Waals surface area (Å²) in [5.74, 6) is 0. The first-order valence-corrected chi connectivity index (χ1v) is 1.93. The molecule has 1 N–H and O–H groups in total. The minimum Gasteiger partial charge on any atom is -0.133 e. The molecule has 0 aliphatic carbocycles. The Labute approximate surface area is 33.3 Å². The zero-order valence-electron chi connectivity index (χ0n) is 4.29. The summed E-state index contributed by atoms with van der Waals surface area (Å²) in [7, 11) is -4.42. The predicted molar refractivity (Wildman–Crippen MR) is 16.8 cm³/mol. The summed E-state index contributed by atoms with van der Waals surface area (Å²) in [4.78, 5) is 7.77. The third-order valence-corrected chi connectivity index (χ3v) is 0.271. The standard InChI is InChI=1S/CH3O3P/c1-4-5(2)3/h1H3/p+1/i1D2. The molecular formula is CH4O3P+. The molecule has 30 valence electrons. The van der Waals surface area contributed by atoms with Gasteiger partial charge >= 0.3 is 8.25 Å². The second-order valence-corrected chi connectivity index (χ2v) is 1.03. The van der Waals surface area contributed by atoms with Gasteiger partial charge in [-0.15, -0.1) is 9.42 Å². The maximum Gasteiger partial charge on any atom is 0.694 e. The van der Waals surface area contributed by atoms with Crippen molar-refractivity contribution in [3.8, 4) is 0 Å². The van der Waals surface area contributed by atoms with Gasteiger partial charge < -0.3 is 0 Å². The van der Waals surface area contributed by atoms with Crippen LogP contribution in [0.5, 0.6) is 0 Å². The van der Waals surface area contributed by atoms with Crippen LogP contribution in [0.15, 0.2) is 0 Å². The Morgan fingerprint density at radius 2 is 3.00 bits per heavy atom. The first kappa shape index (κ1) is 2.24. The highest BCUT2D eigenvalue weighted by atomic mass is 31.1. The summed E-state index contributed by atoms with van der Waals surface area (Å²) in [5, 5.41) is 0. The zero-order valence-corrected chi connectivity index (χ0v) is 3.18. The quantitative estimate of drug-likeness (QED) is 0.478. The Balaban J connectivity index is 3.13. The molecule has 0 aromatic carbocycles. The van der Waals surface area contributed by atoms with Crippen LogP contribution in [0.3, 0.4) is 0 Å². The van der Waals surface area contributed by atoms with Gasteiger partial charge in [-0.05, 0) is 0 Å². The Kier molecular flexibility index (Phi) is 1.02. The van der Waals surface area contributed by atoms with Crippen molar-refractivity contribution in [3.63, 3.8) is 0 Å². The normalized spacial score (nSPS) is 17.6. The van der Waals surface area contributed by atoms with Gasteiger partial charge in [0, 0.05) is 4.57 Å². The smallest absolute Gasteiger partial charge is 0.133 e. The van der Waals surface area contributed by atoms with E-state index in [1.165, 1.54) is 0 Å². The Hall–Kier alpha value is 0.0200. The summed E-state index contributed by atoms with van der Waals surface area (Å²) in [5.41, 5.74) is 0. The molecule has 0 bridgehead atoms. The molecule has 4 heteroatoms. The molecule has 0 aliphatic rings. The van der Waals surface area contributed by atoms with Crippen molar-refractivity contribution in [1.82, 2.24) is 0 Å². The van der Waals surface area contributed by atoms with Gasteiger partial charge in [-0.25, -0.2) is 0 Å². The predicted octanol–water partition coefficient (Wildman–Crippen LogP) is 0.282. The van der Waals surface area contributed by atoms with E-state index in [-0.39, 0.29) is 0 Å². The second-order valence-electron chi connectivity index (χ2n) is 0.343. The highest BCUT2D eigenvalue weighted by Gasteiger charge is 2.02. The molecule has 1 atom stereocenters. The molecule has 0 amide bonds. The van der Waals surface area contributed by atoms with Crippen LogP contribution in [0.2, 0.25) is 0 Å². The molecule has 0 radical (unpaired) electrons. The van der Waals surface area contributed by atoms with E-state index >= 15 is 0 Å². The third-order valence-electron chi connectivity index (χ3n) is 0.0902. The van der Waals surface area contributed by atoms with E-state index in [2.05, 4.69) is 4.52 Å². The van der Waals surface area contributed by atoms with Crippen LogP contribution in [0.25, 0.3) is 0 Å². The lowest BCUT2D eigenvalue weighted by Gasteiger charge is -1.55. The van der Waals surface area contributed by atoms with Crippen molar-refractivity contribution >= 4 is 8.25 Å². The molecule has 0 aliphatic heterocycles. The molecule has 0 saturated heterocycles. The van der Waals surface area contributed by atoms with Crippen molar-refractivity contribution in [3.05, 3.63) is 0 Å². The van der Waals surface area contributed by atoms with Gasteiger partial charge in [-0.2, -0.15) is 0 Å². The summed E-state index contributed by atoms with van der Waals surface area (Å²) in [6.07, 6.45) is 0. The van der Waals surface area contributed by atoms with E-state index in [1.54, 1.807) is 0 Å². The minimum atomic E-state index is -2.76. The largest absolute Gasteiger partial charge is 0.694 e. The topological polar surface area (TPSA) is 46.5 Å². The molecule has 1 unspecified atom stereocenters. The summed E-state index contributed by atoms with van der Waals surface area (Å²) < 4.78 is 25.6. The first-order chi connectivity index (χ1) is 3.13. The average Bonchev–Trinajstić information content (AvgIpc) is 1.27. The summed E-state index contributed by atoms with van der Waals surface area (Å²) in [6, 6.07) is 0. The molecule has 0 spiro atoms. The lowest BCUT2D eigenvalue weighted by molar-refractivity contribution is 0.343. The summed E-state index contributed by atoms with van der Waals surface area (Å²) in [6.45, 7) is 0. The molecular weight excluding hydrogens is 91.0 g/mol. The van der Waals surface area contributed by atoms with Crippen molar-refractivity contribution in [2.75, 3.05) is 7.06 Å². The minimum absolute atomic E-state index is 1.66. The lowest BCUT2D eigenvalue weighted by Crippen LogP contribution is -1.57. The van der Waals surface area contributed by atoms with Crippen molar-refractivity contribution in [1.29, 1.82) is 0 Å². The Morgan fingerprint density at radius 3 is 3.00 bits per heavy atom. The SMILES string of the molecule is [2H]C([2H])O[P+](=O)O. The van der Waals surface area contributed by atoms with Crippen LogP contribution < -0.4 is 0 Å². The van der Waals surface area contributed by atoms with E-state index < -0.39 is 15.3 Å². The fourth-order valence-corrected chi connectivity index (χ4v) is 0. The maximum absolute atomic E-state index is 9.50. The van der Waals surface area contributed by atoms with Gasteiger partial charge in [-0.1, -0.05) is 0 Å². The van der Waals surface area contributed by atoms with E-state index in [0.717, 1.165) is 0 Å². The second kappa shape index (κ2) is 2.27. The first-order valence-electron chi connectivity index (χ1n) is 1.96. The van der Waals surface area contributed by atoms with Crippen molar-refractivity contribution in [2.45, 2.75) is 0 Å². The molecule has 5 heavy (non-hydrogen) atoms. The van der Waals surface area contributed by atoms with Crippen LogP contribution in [0.1, 0.15) is 2.74 Å². The molecule has 0 aromatic heterocycles. The van der Waals surface area contributed by atoms with Gasteiger partial charge in [-0.3, -0.25) is 0 Å². The van der Waals surface area contributed by atoms with Crippen LogP contribution in [0.4, 0.5) is 0 Å². The van der Waals surface area contributed by atoms with Crippen LogP contribution >= 0.6 is 8.25 Å². The third kappa shape index (κ3) is 4.02. The monoisotopic (exact) mass is 97.0 g/mol. The highest BCUT2D eigenvalue weighted by Crippen LogP contribution is 2.09. The van der Waals surface area contributed by atoms with Gasteiger partial charge in [0.25, 0.3) is 0 Å². The molecule has 0 saturated carbocycles. The highest BCUT2D eigenvalue weighted by molar-refractivity contribution is 7.32. The maximum atomic E-state index is 9.50. The van der Waals surface area contributed by atoms with Crippen LogP contribution in [-0.4, -0.2) is 12.0 Å². The van der Waals surface area contributed by atoms with Crippen molar-refractivity contribution in [2.24, 2.45) is 0 Å².